The van der Waals surface area contributed by atoms with E-state index in [2.05, 4.69) is 0 Å². The minimum Gasteiger partial charge on any atom is -0.462 e. The Balaban J connectivity index is 2.19. The third kappa shape index (κ3) is 3.25. The van der Waals surface area contributed by atoms with Gasteiger partial charge in [-0.3, -0.25) is 4.79 Å². The Morgan fingerprint density at radius 1 is 0.900 bits per heavy atom. The minimum absolute atomic E-state index is 0.114. The lowest BCUT2D eigenvalue weighted by Gasteiger charge is -2.04. The van der Waals surface area contributed by atoms with E-state index in [-0.39, 0.29) is 5.78 Å². The Bertz CT molecular complexity index is 615. The summed E-state index contributed by atoms with van der Waals surface area (Å²) in [6.45, 7) is 2.07. The highest BCUT2D eigenvalue weighted by molar-refractivity contribution is 6.30. The molecule has 0 unspecified atom stereocenters. The van der Waals surface area contributed by atoms with Crippen LogP contribution in [0.2, 0.25) is 5.02 Å². The highest BCUT2D eigenvalue weighted by Crippen LogP contribution is 2.15. The lowest BCUT2D eigenvalue weighted by Crippen LogP contribution is -2.06. The molecule has 2 rings (SSSR count). The second-order valence-corrected chi connectivity index (χ2v) is 4.57. The summed E-state index contributed by atoms with van der Waals surface area (Å²) in [4.78, 5) is 23.7. The molecule has 0 spiro atoms. The van der Waals surface area contributed by atoms with Gasteiger partial charge in [0.05, 0.1) is 12.2 Å². The fourth-order valence-electron chi connectivity index (χ4n) is 1.74. The molecule has 0 aliphatic heterocycles. The number of rotatable bonds is 4. The molecule has 0 N–H and O–H groups in total. The van der Waals surface area contributed by atoms with Crippen LogP contribution in [0.4, 0.5) is 0 Å². The van der Waals surface area contributed by atoms with E-state index in [1.165, 1.54) is 0 Å². The summed E-state index contributed by atoms with van der Waals surface area (Å²) in [5.74, 6) is -0.505. The van der Waals surface area contributed by atoms with Gasteiger partial charge in [-0.2, -0.15) is 0 Å². The van der Waals surface area contributed by atoms with Crippen molar-refractivity contribution in [1.29, 1.82) is 0 Å². The maximum Gasteiger partial charge on any atom is 0.338 e. The van der Waals surface area contributed by atoms with Gasteiger partial charge < -0.3 is 4.74 Å². The number of ether oxygens (including phenoxy) is 1. The third-order valence-corrected chi connectivity index (χ3v) is 3.02. The van der Waals surface area contributed by atoms with Crippen LogP contribution in [0.25, 0.3) is 0 Å². The van der Waals surface area contributed by atoms with Gasteiger partial charge in [0.15, 0.2) is 5.78 Å². The van der Waals surface area contributed by atoms with Crippen LogP contribution in [0, 0.1) is 0 Å². The molecular formula is C16H13ClO3. The summed E-state index contributed by atoms with van der Waals surface area (Å²) >= 11 is 5.79. The summed E-state index contributed by atoms with van der Waals surface area (Å²) in [6.07, 6.45) is 0. The zero-order valence-electron chi connectivity index (χ0n) is 10.9. The molecule has 0 fully saturated rings. The predicted molar refractivity (Wildman–Crippen MR) is 77.3 cm³/mol. The number of ketones is 1. The molecule has 0 saturated heterocycles. The Kier molecular flexibility index (Phi) is 4.53. The Hall–Kier alpha value is -2.13. The molecule has 0 saturated carbocycles. The van der Waals surface area contributed by atoms with E-state index in [0.717, 1.165) is 0 Å². The fraction of sp³-hybridized carbons (Fsp3) is 0.125. The maximum absolute atomic E-state index is 12.2. The largest absolute Gasteiger partial charge is 0.462 e. The molecule has 0 heterocycles. The topological polar surface area (TPSA) is 43.4 Å². The monoisotopic (exact) mass is 288 g/mol. The summed E-state index contributed by atoms with van der Waals surface area (Å²) in [6, 6.07) is 13.1. The number of halogens is 1. The van der Waals surface area contributed by atoms with Gasteiger partial charge in [-0.25, -0.2) is 4.79 Å². The van der Waals surface area contributed by atoms with E-state index in [0.29, 0.717) is 28.3 Å². The van der Waals surface area contributed by atoms with Gasteiger partial charge in [0.25, 0.3) is 0 Å². The first-order valence-corrected chi connectivity index (χ1v) is 6.57. The first-order valence-electron chi connectivity index (χ1n) is 6.19. The van der Waals surface area contributed by atoms with E-state index in [1.54, 1.807) is 55.5 Å². The zero-order chi connectivity index (χ0) is 14.5. The van der Waals surface area contributed by atoms with Crippen LogP contribution < -0.4 is 0 Å². The van der Waals surface area contributed by atoms with Gasteiger partial charge in [-0.1, -0.05) is 23.7 Å². The van der Waals surface area contributed by atoms with Crippen LogP contribution in [-0.2, 0) is 4.74 Å². The van der Waals surface area contributed by atoms with Crippen LogP contribution in [0.3, 0.4) is 0 Å². The van der Waals surface area contributed by atoms with Gasteiger partial charge in [0.1, 0.15) is 0 Å². The quantitative estimate of drug-likeness (QED) is 0.636. The van der Waals surface area contributed by atoms with Gasteiger partial charge in [-0.05, 0) is 43.3 Å². The van der Waals surface area contributed by atoms with Crippen molar-refractivity contribution in [3.63, 3.8) is 0 Å². The molecule has 2 aromatic rings. The number of carbonyl (C=O) groups excluding carboxylic acids is 2. The summed E-state index contributed by atoms with van der Waals surface area (Å²) in [5, 5.41) is 0.583. The Morgan fingerprint density at radius 3 is 1.85 bits per heavy atom. The molecule has 0 bridgehead atoms. The second-order valence-electron chi connectivity index (χ2n) is 4.13. The molecule has 2 aromatic carbocycles. The van der Waals surface area contributed by atoms with Crippen LogP contribution in [0.15, 0.2) is 48.5 Å². The molecule has 4 heteroatoms. The molecule has 0 aliphatic carbocycles. The minimum atomic E-state index is -0.391. The Labute approximate surface area is 122 Å². The summed E-state index contributed by atoms with van der Waals surface area (Å²) < 4.78 is 4.89. The molecule has 102 valence electrons. The lowest BCUT2D eigenvalue weighted by molar-refractivity contribution is 0.0526. The average molecular weight is 289 g/mol. The van der Waals surface area contributed by atoms with E-state index in [9.17, 15) is 9.59 Å². The van der Waals surface area contributed by atoms with E-state index in [1.807, 2.05) is 0 Å². The van der Waals surface area contributed by atoms with Crippen molar-refractivity contribution in [2.45, 2.75) is 6.92 Å². The summed E-state index contributed by atoms with van der Waals surface area (Å²) in [5.41, 5.74) is 1.50. The van der Waals surface area contributed by atoms with Crippen molar-refractivity contribution >= 4 is 23.4 Å². The number of hydrogen-bond donors (Lipinski definition) is 0. The molecule has 3 nitrogen and oxygen atoms in total. The predicted octanol–water partition coefficient (Wildman–Crippen LogP) is 3.75. The molecule has 0 amide bonds. The highest BCUT2D eigenvalue weighted by Gasteiger charge is 2.11. The Morgan fingerprint density at radius 2 is 1.35 bits per heavy atom. The van der Waals surface area contributed by atoms with Crippen LogP contribution in [-0.4, -0.2) is 18.4 Å². The van der Waals surface area contributed by atoms with E-state index in [4.69, 9.17) is 16.3 Å². The second kappa shape index (κ2) is 6.35. The number of hydrogen-bond acceptors (Lipinski definition) is 3. The van der Waals surface area contributed by atoms with Crippen molar-refractivity contribution in [3.05, 3.63) is 70.2 Å². The smallest absolute Gasteiger partial charge is 0.338 e. The molecule has 0 radical (unpaired) electrons. The van der Waals surface area contributed by atoms with Crippen LogP contribution in [0.1, 0.15) is 33.2 Å². The number of carbonyl (C=O) groups is 2. The first kappa shape index (κ1) is 14.3. The molecule has 0 aliphatic rings. The zero-order valence-corrected chi connectivity index (χ0v) is 11.7. The van der Waals surface area contributed by atoms with Gasteiger partial charge in [-0.15, -0.1) is 0 Å². The third-order valence-electron chi connectivity index (χ3n) is 2.76. The van der Waals surface area contributed by atoms with Gasteiger partial charge >= 0.3 is 5.97 Å². The first-order chi connectivity index (χ1) is 9.61. The number of esters is 1. The van der Waals surface area contributed by atoms with Crippen molar-refractivity contribution in [2.75, 3.05) is 6.61 Å². The SMILES string of the molecule is CCOC(=O)c1ccc(C(=O)c2ccc(Cl)cc2)cc1. The molecule has 0 atom stereocenters. The maximum atomic E-state index is 12.2. The molecule has 0 aromatic heterocycles. The van der Waals surface area contributed by atoms with E-state index >= 15 is 0 Å². The highest BCUT2D eigenvalue weighted by atomic mass is 35.5. The van der Waals surface area contributed by atoms with Gasteiger partial charge in [0.2, 0.25) is 0 Å². The average Bonchev–Trinajstić information content (AvgIpc) is 2.48. The molecular weight excluding hydrogens is 276 g/mol. The lowest BCUT2D eigenvalue weighted by atomic mass is 10.0. The molecule has 20 heavy (non-hydrogen) atoms. The van der Waals surface area contributed by atoms with Crippen molar-refractivity contribution < 1.29 is 14.3 Å². The fourth-order valence-corrected chi connectivity index (χ4v) is 1.87. The van der Waals surface area contributed by atoms with Crippen molar-refractivity contribution in [2.24, 2.45) is 0 Å². The van der Waals surface area contributed by atoms with Gasteiger partial charge in [0, 0.05) is 16.1 Å². The standard InChI is InChI=1S/C16H13ClO3/c1-2-20-16(19)13-5-3-11(4-6-13)15(18)12-7-9-14(17)10-8-12/h3-10H,2H2,1H3. The summed E-state index contributed by atoms with van der Waals surface area (Å²) in [7, 11) is 0. The van der Waals surface area contributed by atoms with Crippen molar-refractivity contribution in [1.82, 2.24) is 0 Å². The van der Waals surface area contributed by atoms with Crippen LogP contribution in [0.5, 0.6) is 0 Å². The van der Waals surface area contributed by atoms with E-state index < -0.39 is 5.97 Å². The van der Waals surface area contributed by atoms with Crippen molar-refractivity contribution in [3.8, 4) is 0 Å². The van der Waals surface area contributed by atoms with Crippen LogP contribution >= 0.6 is 11.6 Å². The number of benzene rings is 2. The normalized spacial score (nSPS) is 10.1.